The van der Waals surface area contributed by atoms with Crippen LogP contribution in [0.5, 0.6) is 0 Å². The van der Waals surface area contributed by atoms with E-state index in [1.807, 2.05) is 41.2 Å². The van der Waals surface area contributed by atoms with Crippen LogP contribution in [0.25, 0.3) is 10.4 Å². The average Bonchev–Trinajstić information content (AvgIpc) is 3.15. The number of aryl methyl sites for hydroxylation is 2. The lowest BCUT2D eigenvalue weighted by molar-refractivity contribution is 0.210. The first-order chi connectivity index (χ1) is 12.6. The molecule has 0 unspecified atom stereocenters. The van der Waals surface area contributed by atoms with Gasteiger partial charge in [-0.05, 0) is 30.9 Å². The van der Waals surface area contributed by atoms with Crippen LogP contribution in [0.1, 0.15) is 23.2 Å². The zero-order valence-corrected chi connectivity index (χ0v) is 15.7. The molecule has 26 heavy (non-hydrogen) atoms. The van der Waals surface area contributed by atoms with E-state index in [9.17, 15) is 4.79 Å². The van der Waals surface area contributed by atoms with Crippen molar-refractivity contribution in [3.63, 3.8) is 0 Å². The molecule has 6 nitrogen and oxygen atoms in total. The largest absolute Gasteiger partial charge is 0.323 e. The number of hydrogen-bond acceptors (Lipinski definition) is 4. The van der Waals surface area contributed by atoms with Crippen LogP contribution in [0.3, 0.4) is 0 Å². The zero-order chi connectivity index (χ0) is 18.1. The Hall–Kier alpha value is -2.67. The predicted molar refractivity (Wildman–Crippen MR) is 103 cm³/mol. The van der Waals surface area contributed by atoms with E-state index in [1.165, 1.54) is 22.6 Å². The van der Waals surface area contributed by atoms with Crippen molar-refractivity contribution in [1.82, 2.24) is 19.7 Å². The molecule has 3 heterocycles. The fraction of sp³-hybridized carbons (Fsp3) is 0.316. The highest BCUT2D eigenvalue weighted by molar-refractivity contribution is 7.19. The number of rotatable bonds is 2. The molecule has 0 aliphatic carbocycles. The fourth-order valence-electron chi connectivity index (χ4n) is 3.33. The monoisotopic (exact) mass is 367 g/mol. The number of hydrogen-bond donors (Lipinski definition) is 1. The van der Waals surface area contributed by atoms with Crippen molar-refractivity contribution >= 4 is 22.5 Å². The van der Waals surface area contributed by atoms with Crippen molar-refractivity contribution in [3.05, 3.63) is 53.5 Å². The average molecular weight is 367 g/mol. The van der Waals surface area contributed by atoms with Gasteiger partial charge in [-0.3, -0.25) is 10.00 Å². The Morgan fingerprint density at radius 1 is 1.27 bits per heavy atom. The molecule has 0 radical (unpaired) electrons. The summed E-state index contributed by atoms with van der Waals surface area (Å²) in [7, 11) is 1.96. The van der Waals surface area contributed by atoms with E-state index >= 15 is 0 Å². The molecule has 1 aliphatic rings. The van der Waals surface area contributed by atoms with E-state index in [4.69, 9.17) is 0 Å². The Labute approximate surface area is 156 Å². The van der Waals surface area contributed by atoms with Crippen LogP contribution in [0, 0.1) is 6.92 Å². The fourth-order valence-corrected chi connectivity index (χ4v) is 4.23. The van der Waals surface area contributed by atoms with Crippen LogP contribution >= 0.6 is 11.3 Å². The molecule has 2 aromatic heterocycles. The number of aromatic nitrogens is 3. The van der Waals surface area contributed by atoms with E-state index in [0.717, 1.165) is 35.4 Å². The molecule has 0 fully saturated rings. The van der Waals surface area contributed by atoms with E-state index in [1.54, 1.807) is 0 Å². The first-order valence-electron chi connectivity index (χ1n) is 8.69. The molecule has 4 rings (SSSR count). The van der Waals surface area contributed by atoms with E-state index < -0.39 is 0 Å². The van der Waals surface area contributed by atoms with Crippen LogP contribution < -0.4 is 5.32 Å². The zero-order valence-electron chi connectivity index (χ0n) is 14.9. The second kappa shape index (κ2) is 6.92. The van der Waals surface area contributed by atoms with Crippen molar-refractivity contribution < 1.29 is 4.79 Å². The number of thiazole rings is 1. The summed E-state index contributed by atoms with van der Waals surface area (Å²) in [5, 5.41) is 7.89. The van der Waals surface area contributed by atoms with Crippen molar-refractivity contribution in [1.29, 1.82) is 0 Å². The Morgan fingerprint density at radius 2 is 2.12 bits per heavy atom. The molecular formula is C19H21N5OS. The summed E-state index contributed by atoms with van der Waals surface area (Å²) in [6.45, 7) is 3.40. The highest BCUT2D eigenvalue weighted by Gasteiger charge is 2.22. The van der Waals surface area contributed by atoms with Gasteiger partial charge in [-0.1, -0.05) is 35.6 Å². The number of benzene rings is 1. The number of carbonyl (C=O) groups is 1. The first kappa shape index (κ1) is 16.8. The van der Waals surface area contributed by atoms with Gasteiger partial charge in [0.25, 0.3) is 0 Å². The number of anilines is 1. The maximum Gasteiger partial charge on any atom is 0.323 e. The quantitative estimate of drug-likeness (QED) is 0.749. The molecule has 0 saturated heterocycles. The highest BCUT2D eigenvalue weighted by Crippen LogP contribution is 2.31. The summed E-state index contributed by atoms with van der Waals surface area (Å²) in [4.78, 5) is 20.0. The minimum absolute atomic E-state index is 0.104. The second-order valence-corrected chi connectivity index (χ2v) is 7.57. The molecule has 0 saturated carbocycles. The normalized spacial score (nSPS) is 14.0. The molecule has 1 aromatic carbocycles. The Bertz CT molecular complexity index is 945. The standard InChI is InChI=1S/C19H21N5OS/c1-13-6-3-4-7-15(13)17-11-20-18(26-17)22-19(25)24-9-5-8-16-14(12-24)10-21-23(16)2/h3-4,6-7,10-11H,5,8-9,12H2,1-2H3,(H,20,22,25). The number of amides is 2. The Kier molecular flexibility index (Phi) is 4.46. The molecule has 7 heteroatoms. The molecule has 3 aromatic rings. The molecule has 1 N–H and O–H groups in total. The van der Waals surface area contributed by atoms with E-state index in [2.05, 4.69) is 34.5 Å². The summed E-state index contributed by atoms with van der Waals surface area (Å²) >= 11 is 1.50. The lowest BCUT2D eigenvalue weighted by Gasteiger charge is -2.19. The third kappa shape index (κ3) is 3.22. The van der Waals surface area contributed by atoms with Gasteiger partial charge in [0.1, 0.15) is 0 Å². The number of nitrogens with one attached hydrogen (secondary N) is 1. The predicted octanol–water partition coefficient (Wildman–Crippen LogP) is 3.83. The van der Waals surface area contributed by atoms with Crippen LogP contribution in [-0.4, -0.2) is 32.2 Å². The number of urea groups is 1. The Morgan fingerprint density at radius 3 is 2.96 bits per heavy atom. The first-order valence-corrected chi connectivity index (χ1v) is 9.51. The Balaban J connectivity index is 1.48. The van der Waals surface area contributed by atoms with Crippen molar-refractivity contribution in [2.75, 3.05) is 11.9 Å². The minimum atomic E-state index is -0.104. The van der Waals surface area contributed by atoms with Gasteiger partial charge < -0.3 is 4.90 Å². The summed E-state index contributed by atoms with van der Waals surface area (Å²) in [5.41, 5.74) is 4.70. The summed E-state index contributed by atoms with van der Waals surface area (Å²) in [6.07, 6.45) is 5.57. The van der Waals surface area contributed by atoms with Gasteiger partial charge >= 0.3 is 6.03 Å². The highest BCUT2D eigenvalue weighted by atomic mass is 32.1. The molecule has 2 amide bonds. The van der Waals surface area contributed by atoms with Crippen molar-refractivity contribution in [3.8, 4) is 10.4 Å². The molecule has 0 spiro atoms. The maximum absolute atomic E-state index is 12.7. The number of fused-ring (bicyclic) bond motifs is 1. The van der Waals surface area contributed by atoms with Gasteiger partial charge in [-0.25, -0.2) is 9.78 Å². The summed E-state index contributed by atoms with van der Waals surface area (Å²) in [6, 6.07) is 8.09. The molecule has 0 bridgehead atoms. The molecule has 0 atom stereocenters. The van der Waals surface area contributed by atoms with Crippen LogP contribution in [0.2, 0.25) is 0 Å². The number of nitrogens with zero attached hydrogens (tertiary/aromatic N) is 4. The summed E-state index contributed by atoms with van der Waals surface area (Å²) < 4.78 is 1.91. The lowest BCUT2D eigenvalue weighted by Crippen LogP contribution is -2.34. The van der Waals surface area contributed by atoms with Crippen LogP contribution in [-0.2, 0) is 20.0 Å². The topological polar surface area (TPSA) is 63.1 Å². The SMILES string of the molecule is Cc1ccccc1-c1cnc(NC(=O)N2CCCc3c(cnn3C)C2)s1. The van der Waals surface area contributed by atoms with Gasteiger partial charge in [0.2, 0.25) is 0 Å². The number of carbonyl (C=O) groups excluding carboxylic acids is 1. The minimum Gasteiger partial charge on any atom is -0.320 e. The summed E-state index contributed by atoms with van der Waals surface area (Å²) in [5.74, 6) is 0. The van der Waals surface area contributed by atoms with Gasteiger partial charge in [-0.15, -0.1) is 0 Å². The van der Waals surface area contributed by atoms with Gasteiger partial charge in [0, 0.05) is 31.0 Å². The van der Waals surface area contributed by atoms with Crippen molar-refractivity contribution in [2.45, 2.75) is 26.3 Å². The maximum atomic E-state index is 12.7. The van der Waals surface area contributed by atoms with Crippen molar-refractivity contribution in [2.24, 2.45) is 7.05 Å². The van der Waals surface area contributed by atoms with Crippen LogP contribution in [0.4, 0.5) is 9.93 Å². The van der Waals surface area contributed by atoms with Gasteiger partial charge in [0.15, 0.2) is 5.13 Å². The second-order valence-electron chi connectivity index (χ2n) is 6.54. The third-order valence-electron chi connectivity index (χ3n) is 4.77. The lowest BCUT2D eigenvalue weighted by atomic mass is 10.1. The van der Waals surface area contributed by atoms with E-state index in [0.29, 0.717) is 11.7 Å². The third-order valence-corrected chi connectivity index (χ3v) is 5.71. The van der Waals surface area contributed by atoms with E-state index in [-0.39, 0.29) is 6.03 Å². The molecule has 1 aliphatic heterocycles. The molecular weight excluding hydrogens is 346 g/mol. The van der Waals surface area contributed by atoms with Crippen LogP contribution in [0.15, 0.2) is 36.7 Å². The van der Waals surface area contributed by atoms with Gasteiger partial charge in [-0.2, -0.15) is 5.10 Å². The van der Waals surface area contributed by atoms with Gasteiger partial charge in [0.05, 0.1) is 17.6 Å². The smallest absolute Gasteiger partial charge is 0.320 e. The molecule has 134 valence electrons.